The highest BCUT2D eigenvalue weighted by atomic mass is 32.2. The molecular formula is C24H36N4O5S2. The van der Waals surface area contributed by atoms with E-state index >= 15 is 0 Å². The molecule has 1 aromatic rings. The van der Waals surface area contributed by atoms with E-state index in [-0.39, 0.29) is 29.0 Å². The van der Waals surface area contributed by atoms with Gasteiger partial charge in [0.25, 0.3) is 0 Å². The van der Waals surface area contributed by atoms with E-state index in [0.717, 1.165) is 31.0 Å². The van der Waals surface area contributed by atoms with Crippen molar-refractivity contribution in [3.63, 3.8) is 0 Å². The van der Waals surface area contributed by atoms with Gasteiger partial charge in [-0.2, -0.15) is 4.31 Å². The molecule has 0 unspecified atom stereocenters. The van der Waals surface area contributed by atoms with Crippen molar-refractivity contribution in [2.75, 3.05) is 69.7 Å². The highest BCUT2D eigenvalue weighted by Crippen LogP contribution is 2.37. The van der Waals surface area contributed by atoms with Crippen LogP contribution in [0.2, 0.25) is 0 Å². The first-order valence-corrected chi connectivity index (χ1v) is 14.8. The predicted molar refractivity (Wildman–Crippen MR) is 136 cm³/mol. The molecule has 0 bridgehead atoms. The van der Waals surface area contributed by atoms with Crippen LogP contribution in [0, 0.1) is 11.8 Å². The second-order valence-corrected chi connectivity index (χ2v) is 12.8. The summed E-state index contributed by atoms with van der Waals surface area (Å²) >= 11 is 1.36. The monoisotopic (exact) mass is 524 g/mol. The standard InChI is InChI=1S/C24H36N4O5S2/c1-18-12-19(2)15-26(14-18)7-3-6-25-23(29)16-28-21-13-20(4-5-22(21)34-17-24(28)30)35(31,32)27-8-10-33-11-9-27/h4-5,13,18-19H,3,6-12,14-17H2,1-2H3,(H,25,29)/t18-,19-/m0/s1. The average Bonchev–Trinajstić information content (AvgIpc) is 2.83. The molecule has 3 heterocycles. The molecule has 3 aliphatic heterocycles. The number of nitrogens with zero attached hydrogens (tertiary/aromatic N) is 3. The number of benzene rings is 1. The molecule has 3 aliphatic rings. The number of thioether (sulfide) groups is 1. The summed E-state index contributed by atoms with van der Waals surface area (Å²) in [4.78, 5) is 30.2. The highest BCUT2D eigenvalue weighted by Gasteiger charge is 2.31. The van der Waals surface area contributed by atoms with E-state index in [4.69, 9.17) is 4.74 Å². The number of anilines is 1. The third kappa shape index (κ3) is 6.56. The third-order valence-corrected chi connectivity index (χ3v) is 9.64. The van der Waals surface area contributed by atoms with Gasteiger partial charge in [-0.25, -0.2) is 8.42 Å². The number of sulfonamides is 1. The predicted octanol–water partition coefficient (Wildman–Crippen LogP) is 1.63. The van der Waals surface area contributed by atoms with E-state index < -0.39 is 10.0 Å². The molecule has 1 aromatic carbocycles. The fourth-order valence-electron chi connectivity index (χ4n) is 5.16. The maximum absolute atomic E-state index is 13.1. The van der Waals surface area contributed by atoms with Crippen LogP contribution >= 0.6 is 11.8 Å². The molecule has 2 atom stereocenters. The molecule has 35 heavy (non-hydrogen) atoms. The summed E-state index contributed by atoms with van der Waals surface area (Å²) in [7, 11) is -3.70. The number of carbonyl (C=O) groups is 2. The molecule has 0 spiro atoms. The lowest BCUT2D eigenvalue weighted by atomic mass is 9.92. The second-order valence-electron chi connectivity index (χ2n) is 9.82. The molecule has 0 aromatic heterocycles. The summed E-state index contributed by atoms with van der Waals surface area (Å²) in [5.74, 6) is 1.19. The van der Waals surface area contributed by atoms with Gasteiger partial charge in [0.2, 0.25) is 21.8 Å². The zero-order chi connectivity index (χ0) is 25.0. The van der Waals surface area contributed by atoms with E-state index in [1.165, 1.54) is 33.5 Å². The number of likely N-dealkylation sites (tertiary alicyclic amines) is 1. The summed E-state index contributed by atoms with van der Waals surface area (Å²) in [6.07, 6.45) is 2.12. The van der Waals surface area contributed by atoms with Crippen LogP contribution in [-0.2, 0) is 24.3 Å². The summed E-state index contributed by atoms with van der Waals surface area (Å²) < 4.78 is 32.9. The van der Waals surface area contributed by atoms with E-state index in [0.29, 0.717) is 50.4 Å². The maximum Gasteiger partial charge on any atom is 0.243 e. The van der Waals surface area contributed by atoms with Crippen LogP contribution in [0.15, 0.2) is 28.0 Å². The first kappa shape index (κ1) is 26.4. The number of nitrogens with one attached hydrogen (secondary N) is 1. The zero-order valence-corrected chi connectivity index (χ0v) is 22.2. The minimum Gasteiger partial charge on any atom is -0.379 e. The summed E-state index contributed by atoms with van der Waals surface area (Å²) in [6.45, 7) is 9.47. The van der Waals surface area contributed by atoms with Crippen molar-refractivity contribution in [2.45, 2.75) is 36.5 Å². The Hall–Kier alpha value is -1.66. The van der Waals surface area contributed by atoms with Gasteiger partial charge in [0.1, 0.15) is 6.54 Å². The normalized spacial score (nSPS) is 24.3. The van der Waals surface area contributed by atoms with Crippen LogP contribution in [0.5, 0.6) is 0 Å². The Morgan fingerprint density at radius 3 is 2.60 bits per heavy atom. The minimum absolute atomic E-state index is 0.120. The van der Waals surface area contributed by atoms with Crippen LogP contribution in [0.3, 0.4) is 0 Å². The molecule has 2 fully saturated rings. The Balaban J connectivity index is 1.36. The average molecular weight is 525 g/mol. The lowest BCUT2D eigenvalue weighted by molar-refractivity contribution is -0.123. The minimum atomic E-state index is -3.70. The molecule has 11 heteroatoms. The van der Waals surface area contributed by atoms with Crippen LogP contribution in [-0.4, -0.2) is 94.2 Å². The number of rotatable bonds is 8. The molecule has 1 N–H and O–H groups in total. The van der Waals surface area contributed by atoms with Crippen molar-refractivity contribution < 1.29 is 22.7 Å². The van der Waals surface area contributed by atoms with Gasteiger partial charge in [0.15, 0.2) is 0 Å². The molecule has 0 radical (unpaired) electrons. The smallest absolute Gasteiger partial charge is 0.243 e. The Morgan fingerprint density at radius 2 is 1.89 bits per heavy atom. The SMILES string of the molecule is C[C@H]1C[C@H](C)CN(CCCNC(=O)CN2C(=O)CSc3ccc(S(=O)(=O)N4CCOCC4)cc32)C1. The van der Waals surface area contributed by atoms with Crippen molar-refractivity contribution in [3.8, 4) is 0 Å². The highest BCUT2D eigenvalue weighted by molar-refractivity contribution is 8.00. The van der Waals surface area contributed by atoms with Crippen LogP contribution < -0.4 is 10.2 Å². The molecule has 4 rings (SSSR count). The van der Waals surface area contributed by atoms with Gasteiger partial charge < -0.3 is 19.9 Å². The maximum atomic E-state index is 13.1. The van der Waals surface area contributed by atoms with E-state index in [9.17, 15) is 18.0 Å². The number of hydrogen-bond donors (Lipinski definition) is 1. The Labute approximate surface area is 212 Å². The number of amides is 2. The first-order valence-electron chi connectivity index (χ1n) is 12.4. The molecule has 0 aliphatic carbocycles. The lowest BCUT2D eigenvalue weighted by Crippen LogP contribution is -2.44. The van der Waals surface area contributed by atoms with Gasteiger partial charge in [0, 0.05) is 37.6 Å². The topological polar surface area (TPSA) is 99.3 Å². The van der Waals surface area contributed by atoms with Crippen molar-refractivity contribution in [2.24, 2.45) is 11.8 Å². The molecule has 9 nitrogen and oxygen atoms in total. The fourth-order valence-corrected chi connectivity index (χ4v) is 7.50. The number of carbonyl (C=O) groups excluding carboxylic acids is 2. The summed E-state index contributed by atoms with van der Waals surface area (Å²) in [5.41, 5.74) is 0.479. The van der Waals surface area contributed by atoms with Gasteiger partial charge in [-0.3, -0.25) is 9.59 Å². The lowest BCUT2D eigenvalue weighted by Gasteiger charge is -2.35. The Kier molecular flexibility index (Phi) is 8.75. The largest absolute Gasteiger partial charge is 0.379 e. The van der Waals surface area contributed by atoms with E-state index in [1.54, 1.807) is 12.1 Å². The number of ether oxygens (including phenoxy) is 1. The Bertz CT molecular complexity index is 1020. The van der Waals surface area contributed by atoms with Crippen molar-refractivity contribution in [1.82, 2.24) is 14.5 Å². The number of morpholine rings is 1. The van der Waals surface area contributed by atoms with Crippen molar-refractivity contribution in [3.05, 3.63) is 18.2 Å². The fraction of sp³-hybridized carbons (Fsp3) is 0.667. The van der Waals surface area contributed by atoms with Gasteiger partial charge >= 0.3 is 0 Å². The summed E-state index contributed by atoms with van der Waals surface area (Å²) in [6, 6.07) is 4.83. The molecule has 0 saturated carbocycles. The quantitative estimate of drug-likeness (QED) is 0.516. The van der Waals surface area contributed by atoms with Crippen LogP contribution in [0.25, 0.3) is 0 Å². The molecular weight excluding hydrogens is 488 g/mol. The van der Waals surface area contributed by atoms with Gasteiger partial charge in [-0.15, -0.1) is 11.8 Å². The molecule has 2 saturated heterocycles. The Morgan fingerprint density at radius 1 is 1.17 bits per heavy atom. The number of fused-ring (bicyclic) bond motifs is 1. The van der Waals surface area contributed by atoms with Gasteiger partial charge in [-0.05, 0) is 49.4 Å². The summed E-state index contributed by atoms with van der Waals surface area (Å²) in [5, 5.41) is 2.93. The van der Waals surface area contributed by atoms with E-state index in [1.807, 2.05) is 0 Å². The van der Waals surface area contributed by atoms with Crippen molar-refractivity contribution in [1.29, 1.82) is 0 Å². The van der Waals surface area contributed by atoms with Crippen LogP contribution in [0.1, 0.15) is 26.7 Å². The molecule has 2 amide bonds. The third-order valence-electron chi connectivity index (χ3n) is 6.70. The van der Waals surface area contributed by atoms with E-state index in [2.05, 4.69) is 24.1 Å². The first-order chi connectivity index (χ1) is 16.7. The van der Waals surface area contributed by atoms with Gasteiger partial charge in [0.05, 0.1) is 29.5 Å². The molecule has 194 valence electrons. The second kappa shape index (κ2) is 11.6. The van der Waals surface area contributed by atoms with Crippen LogP contribution in [0.4, 0.5) is 5.69 Å². The van der Waals surface area contributed by atoms with Crippen molar-refractivity contribution >= 4 is 39.3 Å². The number of hydrogen-bond acceptors (Lipinski definition) is 7. The van der Waals surface area contributed by atoms with Gasteiger partial charge in [-0.1, -0.05) is 13.8 Å². The zero-order valence-electron chi connectivity index (χ0n) is 20.6. The number of piperidine rings is 1.